The molecule has 2 aliphatic rings. The predicted octanol–water partition coefficient (Wildman–Crippen LogP) is 0.169. The zero-order chi connectivity index (χ0) is 15.1. The van der Waals surface area contributed by atoms with Crippen LogP contribution in [-0.4, -0.2) is 50.3 Å². The monoisotopic (exact) mass is 312 g/mol. The van der Waals surface area contributed by atoms with Gasteiger partial charge in [-0.05, 0) is 43.0 Å². The molecular weight excluding hydrogens is 292 g/mol. The molecule has 1 aromatic rings. The van der Waals surface area contributed by atoms with Crippen molar-refractivity contribution in [2.24, 2.45) is 11.1 Å². The summed E-state index contributed by atoms with van der Waals surface area (Å²) < 4.78 is 27.8. The highest BCUT2D eigenvalue weighted by atomic mass is 32.2. The van der Waals surface area contributed by atoms with E-state index in [1.54, 1.807) is 12.1 Å². The molecule has 6 nitrogen and oxygen atoms in total. The Morgan fingerprint density at radius 3 is 2.43 bits per heavy atom. The van der Waals surface area contributed by atoms with Crippen LogP contribution >= 0.6 is 0 Å². The third kappa shape index (κ3) is 3.37. The average molecular weight is 312 g/mol. The molecule has 1 aromatic carbocycles. The first-order chi connectivity index (χ1) is 9.87. The quantitative estimate of drug-likeness (QED) is 0.781. The van der Waals surface area contributed by atoms with Crippen LogP contribution in [0.4, 0.5) is 0 Å². The van der Waals surface area contributed by atoms with E-state index < -0.39 is 15.6 Å². The second-order valence-corrected chi connectivity index (χ2v) is 7.51. The molecule has 0 aromatic heterocycles. The second-order valence-electron chi connectivity index (χ2n) is 5.95. The van der Waals surface area contributed by atoms with Gasteiger partial charge in [-0.3, -0.25) is 4.90 Å². The molecule has 1 saturated carbocycles. The molecule has 3 N–H and O–H groups in total. The zero-order valence-corrected chi connectivity index (χ0v) is 12.6. The van der Waals surface area contributed by atoms with Gasteiger partial charge in [-0.2, -0.15) is 0 Å². The molecule has 0 radical (unpaired) electrons. The standard InChI is InChI=1S/C14H20N2O4S/c15-21(18,19)13-5-3-12(4-6-13)20-8-7-16-9-14(17,10-16)11-1-2-11/h3-6,11,17H,1-2,7-10H2,(H2,15,18,19). The molecule has 0 spiro atoms. The largest absolute Gasteiger partial charge is 0.492 e. The van der Waals surface area contributed by atoms with Gasteiger partial charge in [0.25, 0.3) is 0 Å². The molecule has 1 heterocycles. The number of aliphatic hydroxyl groups is 1. The molecule has 7 heteroatoms. The number of nitrogens with two attached hydrogens (primary N) is 1. The van der Waals surface area contributed by atoms with Crippen LogP contribution in [0.2, 0.25) is 0 Å². The van der Waals surface area contributed by atoms with E-state index in [9.17, 15) is 13.5 Å². The van der Waals surface area contributed by atoms with Gasteiger partial charge in [0.2, 0.25) is 10.0 Å². The van der Waals surface area contributed by atoms with Gasteiger partial charge in [0.05, 0.1) is 10.5 Å². The van der Waals surface area contributed by atoms with Crippen molar-refractivity contribution in [3.63, 3.8) is 0 Å². The molecule has 2 fully saturated rings. The summed E-state index contributed by atoms with van der Waals surface area (Å²) in [5, 5.41) is 15.2. The molecule has 1 aliphatic carbocycles. The Hall–Kier alpha value is -1.15. The Kier molecular flexibility index (Phi) is 3.69. The number of hydrogen-bond acceptors (Lipinski definition) is 5. The molecule has 0 amide bonds. The van der Waals surface area contributed by atoms with E-state index in [2.05, 4.69) is 4.90 Å². The van der Waals surface area contributed by atoms with Crippen LogP contribution in [-0.2, 0) is 10.0 Å². The summed E-state index contributed by atoms with van der Waals surface area (Å²) in [7, 11) is -3.66. The number of likely N-dealkylation sites (tertiary alicyclic amines) is 1. The lowest BCUT2D eigenvalue weighted by atomic mass is 9.89. The maximum Gasteiger partial charge on any atom is 0.238 e. The van der Waals surface area contributed by atoms with E-state index in [1.807, 2.05) is 0 Å². The number of β-amino-alcohol motifs (C(OH)–C–C–N with tert-alkyl or cyclic N) is 1. The minimum absolute atomic E-state index is 0.0760. The second kappa shape index (κ2) is 5.24. The number of benzene rings is 1. The minimum Gasteiger partial charge on any atom is -0.492 e. The van der Waals surface area contributed by atoms with Crippen LogP contribution in [0.15, 0.2) is 29.2 Å². The SMILES string of the molecule is NS(=O)(=O)c1ccc(OCCN2CC(O)(C3CC3)C2)cc1. The lowest BCUT2D eigenvalue weighted by molar-refractivity contribution is -0.115. The van der Waals surface area contributed by atoms with Crippen molar-refractivity contribution in [3.8, 4) is 5.75 Å². The molecule has 116 valence electrons. The lowest BCUT2D eigenvalue weighted by Crippen LogP contribution is -2.63. The normalized spacial score (nSPS) is 21.8. The number of sulfonamides is 1. The fraction of sp³-hybridized carbons (Fsp3) is 0.571. The highest BCUT2D eigenvalue weighted by molar-refractivity contribution is 7.89. The summed E-state index contributed by atoms with van der Waals surface area (Å²) in [6, 6.07) is 6.05. The molecule has 0 atom stereocenters. The summed E-state index contributed by atoms with van der Waals surface area (Å²) in [6.07, 6.45) is 2.30. The lowest BCUT2D eigenvalue weighted by Gasteiger charge is -2.47. The zero-order valence-electron chi connectivity index (χ0n) is 11.7. The van der Waals surface area contributed by atoms with E-state index in [0.717, 1.165) is 32.5 Å². The van der Waals surface area contributed by atoms with Gasteiger partial charge in [0.1, 0.15) is 12.4 Å². The van der Waals surface area contributed by atoms with Crippen LogP contribution in [0.5, 0.6) is 5.75 Å². The fourth-order valence-corrected chi connectivity index (χ4v) is 3.30. The number of primary sulfonamides is 1. The van der Waals surface area contributed by atoms with Crippen LogP contribution in [0.1, 0.15) is 12.8 Å². The van der Waals surface area contributed by atoms with Gasteiger partial charge in [-0.25, -0.2) is 13.6 Å². The summed E-state index contributed by atoms with van der Waals surface area (Å²) in [4.78, 5) is 2.24. The van der Waals surface area contributed by atoms with Crippen molar-refractivity contribution in [2.75, 3.05) is 26.2 Å². The van der Waals surface area contributed by atoms with E-state index in [1.165, 1.54) is 12.1 Å². The smallest absolute Gasteiger partial charge is 0.238 e. The molecule has 21 heavy (non-hydrogen) atoms. The number of ether oxygens (including phenoxy) is 1. The summed E-state index contributed by atoms with van der Waals surface area (Å²) >= 11 is 0. The molecule has 0 unspecified atom stereocenters. The van der Waals surface area contributed by atoms with Gasteiger partial charge in [-0.1, -0.05) is 0 Å². The number of hydrogen-bond donors (Lipinski definition) is 2. The van der Waals surface area contributed by atoms with E-state index in [0.29, 0.717) is 18.3 Å². The highest BCUT2D eigenvalue weighted by Gasteiger charge is 2.51. The molecule has 3 rings (SSSR count). The first-order valence-electron chi connectivity index (χ1n) is 7.07. The Morgan fingerprint density at radius 1 is 1.29 bits per heavy atom. The maximum atomic E-state index is 11.1. The minimum atomic E-state index is -3.66. The van der Waals surface area contributed by atoms with Crippen LogP contribution < -0.4 is 9.88 Å². The predicted molar refractivity (Wildman–Crippen MR) is 77.4 cm³/mol. The summed E-state index contributed by atoms with van der Waals surface area (Å²) in [6.45, 7) is 2.72. The Labute approximate surface area is 124 Å². The Morgan fingerprint density at radius 2 is 1.90 bits per heavy atom. The van der Waals surface area contributed by atoms with Crippen molar-refractivity contribution in [2.45, 2.75) is 23.3 Å². The van der Waals surface area contributed by atoms with Crippen molar-refractivity contribution in [3.05, 3.63) is 24.3 Å². The van der Waals surface area contributed by atoms with Gasteiger partial charge in [0.15, 0.2) is 0 Å². The van der Waals surface area contributed by atoms with E-state index in [4.69, 9.17) is 9.88 Å². The number of nitrogens with zero attached hydrogens (tertiary/aromatic N) is 1. The Balaban J connectivity index is 1.42. The van der Waals surface area contributed by atoms with Gasteiger partial charge >= 0.3 is 0 Å². The topological polar surface area (TPSA) is 92.9 Å². The molecule has 1 saturated heterocycles. The third-order valence-corrected chi connectivity index (χ3v) is 5.09. The van der Waals surface area contributed by atoms with Crippen molar-refractivity contribution < 1.29 is 18.3 Å². The summed E-state index contributed by atoms with van der Waals surface area (Å²) in [5.74, 6) is 1.11. The van der Waals surface area contributed by atoms with E-state index >= 15 is 0 Å². The van der Waals surface area contributed by atoms with Crippen molar-refractivity contribution >= 4 is 10.0 Å². The molecule has 1 aliphatic heterocycles. The first-order valence-corrected chi connectivity index (χ1v) is 8.62. The van der Waals surface area contributed by atoms with Gasteiger partial charge in [-0.15, -0.1) is 0 Å². The van der Waals surface area contributed by atoms with Crippen molar-refractivity contribution in [1.29, 1.82) is 0 Å². The van der Waals surface area contributed by atoms with Gasteiger partial charge in [0, 0.05) is 19.6 Å². The van der Waals surface area contributed by atoms with Crippen molar-refractivity contribution in [1.82, 2.24) is 4.90 Å². The number of rotatable bonds is 6. The van der Waals surface area contributed by atoms with Gasteiger partial charge < -0.3 is 9.84 Å². The van der Waals surface area contributed by atoms with Crippen LogP contribution in [0.3, 0.4) is 0 Å². The third-order valence-electron chi connectivity index (χ3n) is 4.16. The van der Waals surface area contributed by atoms with Crippen LogP contribution in [0.25, 0.3) is 0 Å². The molecular formula is C14H20N2O4S. The first kappa shape index (κ1) is 14.8. The molecule has 0 bridgehead atoms. The van der Waals surface area contributed by atoms with E-state index in [-0.39, 0.29) is 4.90 Å². The average Bonchev–Trinajstić information content (AvgIpc) is 3.20. The maximum absolute atomic E-state index is 11.1. The van der Waals surface area contributed by atoms with Crippen LogP contribution in [0, 0.1) is 5.92 Å². The summed E-state index contributed by atoms with van der Waals surface area (Å²) in [5.41, 5.74) is -0.461. The fourth-order valence-electron chi connectivity index (χ4n) is 2.78. The Bertz CT molecular complexity index is 604. The highest BCUT2D eigenvalue weighted by Crippen LogP contribution is 2.44.